The summed E-state index contributed by atoms with van der Waals surface area (Å²) >= 11 is 5.19. The van der Waals surface area contributed by atoms with Gasteiger partial charge in [0.15, 0.2) is 6.67 Å². The summed E-state index contributed by atoms with van der Waals surface area (Å²) in [5.74, 6) is -0.903. The van der Waals surface area contributed by atoms with Crippen molar-refractivity contribution in [1.29, 1.82) is 0 Å². The molecule has 0 saturated carbocycles. The van der Waals surface area contributed by atoms with Crippen LogP contribution in [0.3, 0.4) is 0 Å². The van der Waals surface area contributed by atoms with E-state index in [0.717, 1.165) is 0 Å². The maximum atomic E-state index is 11.8. The molecule has 0 aromatic carbocycles. The third-order valence-electron chi connectivity index (χ3n) is 2.69. The fourth-order valence-electron chi connectivity index (χ4n) is 1.67. The second-order valence-corrected chi connectivity index (χ2v) is 4.86. The first-order chi connectivity index (χ1) is 11.0. The molecule has 23 heavy (non-hydrogen) atoms. The molecule has 2 heterocycles. The number of carbonyl (C=O) groups excluding carboxylic acids is 2. The minimum atomic E-state index is -0.704. The first-order valence-corrected chi connectivity index (χ1v) is 6.87. The quantitative estimate of drug-likeness (QED) is 0.312. The largest absolute Gasteiger partial charge is 0.491 e. The Hall–Kier alpha value is -2.82. The number of rotatable bonds is 8. The van der Waals surface area contributed by atoms with Crippen molar-refractivity contribution in [1.82, 2.24) is 29.9 Å². The third-order valence-corrected chi connectivity index (χ3v) is 2.88. The Balaban J connectivity index is 1.88. The van der Waals surface area contributed by atoms with E-state index in [4.69, 9.17) is 11.6 Å². The normalized spacial score (nSPS) is 10.5. The van der Waals surface area contributed by atoms with Crippen LogP contribution in [0.4, 0.5) is 5.95 Å². The van der Waals surface area contributed by atoms with Gasteiger partial charge in [-0.25, -0.2) is 4.68 Å². The van der Waals surface area contributed by atoms with Gasteiger partial charge in [0, 0.05) is 24.3 Å². The van der Waals surface area contributed by atoms with Gasteiger partial charge in [-0.3, -0.25) is 9.59 Å². The Kier molecular flexibility index (Phi) is 5.36. The van der Waals surface area contributed by atoms with Gasteiger partial charge in [0.05, 0.1) is 0 Å². The second-order valence-electron chi connectivity index (χ2n) is 4.44. The summed E-state index contributed by atoms with van der Waals surface area (Å²) < 4.78 is 2.61. The number of amides is 1. The van der Waals surface area contributed by atoms with Gasteiger partial charge < -0.3 is 15.4 Å². The lowest BCUT2D eigenvalue weighted by molar-refractivity contribution is -0.394. The highest BCUT2D eigenvalue weighted by molar-refractivity contribution is 6.63. The number of hydrogen-bond donors (Lipinski definition) is 1. The molecule has 0 spiro atoms. The second kappa shape index (κ2) is 7.45. The molecule has 0 aliphatic rings. The highest BCUT2D eigenvalue weighted by Gasteiger charge is 2.14. The lowest BCUT2D eigenvalue weighted by atomic mass is 10.3. The van der Waals surface area contributed by atoms with Crippen LogP contribution in [0.25, 0.3) is 0 Å². The van der Waals surface area contributed by atoms with Gasteiger partial charge in [-0.05, 0) is 29.0 Å². The lowest BCUT2D eigenvalue weighted by Crippen LogP contribution is -2.25. The van der Waals surface area contributed by atoms with E-state index < -0.39 is 22.0 Å². The molecule has 0 fully saturated rings. The monoisotopic (exact) mass is 341 g/mol. The summed E-state index contributed by atoms with van der Waals surface area (Å²) in [7, 11) is 0. The summed E-state index contributed by atoms with van der Waals surface area (Å²) in [5, 5.41) is 20.3. The van der Waals surface area contributed by atoms with Crippen molar-refractivity contribution in [3.05, 3.63) is 34.4 Å². The van der Waals surface area contributed by atoms with E-state index in [9.17, 15) is 19.7 Å². The molecule has 0 aliphatic carbocycles. The van der Waals surface area contributed by atoms with Crippen LogP contribution in [0.15, 0.2) is 18.6 Å². The number of nitro groups is 1. The molecular weight excluding hydrogens is 330 g/mol. The molecule has 11 nitrogen and oxygen atoms in total. The molecule has 12 heteroatoms. The van der Waals surface area contributed by atoms with Crippen LogP contribution in [0.5, 0.6) is 0 Å². The Morgan fingerprint density at radius 2 is 2.13 bits per heavy atom. The fourth-order valence-corrected chi connectivity index (χ4v) is 1.80. The van der Waals surface area contributed by atoms with E-state index in [0.29, 0.717) is 13.0 Å². The summed E-state index contributed by atoms with van der Waals surface area (Å²) in [6.45, 7) is 0.383. The van der Waals surface area contributed by atoms with E-state index in [1.54, 1.807) is 0 Å². The van der Waals surface area contributed by atoms with Crippen LogP contribution in [0.1, 0.15) is 23.3 Å². The Morgan fingerprint density at radius 3 is 2.78 bits per heavy atom. The average molecular weight is 342 g/mol. The van der Waals surface area contributed by atoms with E-state index in [-0.39, 0.29) is 18.8 Å². The van der Waals surface area contributed by atoms with Crippen molar-refractivity contribution in [2.45, 2.75) is 19.5 Å². The molecule has 1 N–H and O–H groups in total. The van der Waals surface area contributed by atoms with E-state index >= 15 is 0 Å². The van der Waals surface area contributed by atoms with Crippen molar-refractivity contribution >= 4 is 28.7 Å². The van der Waals surface area contributed by atoms with E-state index in [1.807, 2.05) is 0 Å². The molecule has 0 radical (unpaired) electrons. The van der Waals surface area contributed by atoms with Gasteiger partial charge in [-0.1, -0.05) is 4.98 Å². The predicted octanol–water partition coefficient (Wildman–Crippen LogP) is 0.164. The molecule has 0 saturated heterocycles. The highest BCUT2D eigenvalue weighted by Crippen LogP contribution is 2.01. The van der Waals surface area contributed by atoms with Crippen molar-refractivity contribution in [3.63, 3.8) is 0 Å². The standard InChI is InChI=1S/C11H12ClN7O4/c12-9(20)2-1-4-13-10(21)8-3-5-17(15-8)7-18-6-14-11(16-18)19(22)23/h3,5-6H,1-2,4,7H2,(H,13,21). The van der Waals surface area contributed by atoms with Gasteiger partial charge in [0.25, 0.3) is 5.91 Å². The molecule has 2 rings (SSSR count). The van der Waals surface area contributed by atoms with Gasteiger partial charge in [0.1, 0.15) is 5.69 Å². The van der Waals surface area contributed by atoms with Crippen molar-refractivity contribution in [3.8, 4) is 0 Å². The van der Waals surface area contributed by atoms with Crippen LogP contribution >= 0.6 is 11.6 Å². The van der Waals surface area contributed by atoms with Gasteiger partial charge >= 0.3 is 5.95 Å². The molecule has 0 aliphatic heterocycles. The zero-order valence-electron chi connectivity index (χ0n) is 11.8. The van der Waals surface area contributed by atoms with Crippen molar-refractivity contribution in [2.75, 3.05) is 6.54 Å². The first kappa shape index (κ1) is 16.5. The maximum absolute atomic E-state index is 11.8. The van der Waals surface area contributed by atoms with E-state index in [1.165, 1.54) is 28.0 Å². The van der Waals surface area contributed by atoms with Crippen LogP contribution in [0.2, 0.25) is 0 Å². The SMILES string of the molecule is O=C(Cl)CCCNC(=O)c1ccn(Cn2cnc([N+](=O)[O-])n2)n1. The molecular formula is C11H12ClN7O4. The van der Waals surface area contributed by atoms with Crippen molar-refractivity contribution < 1.29 is 14.5 Å². The Bertz CT molecular complexity index is 726. The minimum absolute atomic E-state index is 0.0782. The number of nitrogens with one attached hydrogen (secondary N) is 1. The number of aromatic nitrogens is 5. The Morgan fingerprint density at radius 1 is 1.35 bits per heavy atom. The average Bonchev–Trinajstić information content (AvgIpc) is 3.13. The molecule has 0 bridgehead atoms. The topological polar surface area (TPSA) is 138 Å². The fraction of sp³-hybridized carbons (Fsp3) is 0.364. The summed E-state index contributed by atoms with van der Waals surface area (Å²) in [5.41, 5.74) is 0.178. The summed E-state index contributed by atoms with van der Waals surface area (Å²) in [4.78, 5) is 35.7. The predicted molar refractivity (Wildman–Crippen MR) is 76.7 cm³/mol. The van der Waals surface area contributed by atoms with Crippen LogP contribution in [-0.4, -0.2) is 47.2 Å². The van der Waals surface area contributed by atoms with Gasteiger partial charge in [-0.15, -0.1) is 0 Å². The summed E-state index contributed by atoms with van der Waals surface area (Å²) in [6, 6.07) is 1.49. The summed E-state index contributed by atoms with van der Waals surface area (Å²) in [6.07, 6.45) is 3.35. The zero-order valence-corrected chi connectivity index (χ0v) is 12.5. The van der Waals surface area contributed by atoms with Crippen LogP contribution < -0.4 is 5.32 Å². The smallest absolute Gasteiger partial charge is 0.390 e. The molecule has 0 atom stereocenters. The number of nitrogens with zero attached hydrogens (tertiary/aromatic N) is 6. The van der Waals surface area contributed by atoms with Crippen molar-refractivity contribution in [2.24, 2.45) is 0 Å². The van der Waals surface area contributed by atoms with Crippen LogP contribution in [0, 0.1) is 10.1 Å². The van der Waals surface area contributed by atoms with E-state index in [2.05, 4.69) is 20.5 Å². The Labute approximate surface area is 134 Å². The third kappa shape index (κ3) is 4.85. The van der Waals surface area contributed by atoms with Crippen LogP contribution in [-0.2, 0) is 11.5 Å². The molecule has 1 amide bonds. The number of halogens is 1. The highest BCUT2D eigenvalue weighted by atomic mass is 35.5. The van der Waals surface area contributed by atoms with Gasteiger partial charge in [-0.2, -0.15) is 9.78 Å². The van der Waals surface area contributed by atoms with Gasteiger partial charge in [0.2, 0.25) is 11.6 Å². The molecule has 122 valence electrons. The number of hydrogen-bond acceptors (Lipinski definition) is 7. The first-order valence-electron chi connectivity index (χ1n) is 6.49. The minimum Gasteiger partial charge on any atom is -0.390 e. The molecule has 0 unspecified atom stereocenters. The number of carbonyl (C=O) groups is 2. The zero-order chi connectivity index (χ0) is 16.8. The molecule has 2 aromatic rings. The molecule has 2 aromatic heterocycles. The lowest BCUT2D eigenvalue weighted by Gasteiger charge is -2.01. The maximum Gasteiger partial charge on any atom is 0.491 e.